The van der Waals surface area contributed by atoms with Gasteiger partial charge >= 0.3 is 0 Å². The summed E-state index contributed by atoms with van der Waals surface area (Å²) in [6.07, 6.45) is 0. The molecule has 1 atom stereocenters. The summed E-state index contributed by atoms with van der Waals surface area (Å²) < 4.78 is 2.19. The van der Waals surface area contributed by atoms with Gasteiger partial charge in [0.2, 0.25) is 0 Å². The Kier molecular flexibility index (Phi) is 4.61. The lowest BCUT2D eigenvalue weighted by molar-refractivity contribution is 0.636. The molecule has 5 heteroatoms. The molecule has 1 heterocycles. The topological polar surface area (TPSA) is 38.0 Å². The number of rotatable bonds is 3. The third kappa shape index (κ3) is 3.03. The van der Waals surface area contributed by atoms with Crippen molar-refractivity contribution in [2.45, 2.75) is 19.9 Å². The number of hydrogen-bond acceptors (Lipinski definition) is 3. The minimum Gasteiger partial charge on any atom is -0.271 e. The normalized spacial score (nSPS) is 12.7. The van der Waals surface area contributed by atoms with Gasteiger partial charge in [-0.2, -0.15) is 0 Å². The highest BCUT2D eigenvalue weighted by molar-refractivity contribution is 9.12. The average Bonchev–Trinajstić information content (AvgIpc) is 2.58. The van der Waals surface area contributed by atoms with Crippen molar-refractivity contribution in [2.75, 3.05) is 0 Å². The molecular formula is C13H14Br2N2S. The van der Waals surface area contributed by atoms with Gasteiger partial charge in [0.25, 0.3) is 0 Å². The summed E-state index contributed by atoms with van der Waals surface area (Å²) in [6, 6.07) is 8.58. The molecule has 96 valence electrons. The summed E-state index contributed by atoms with van der Waals surface area (Å²) in [5.41, 5.74) is 7.72. The van der Waals surface area contributed by atoms with Crippen LogP contribution in [0.3, 0.4) is 0 Å². The van der Waals surface area contributed by atoms with Crippen molar-refractivity contribution in [2.24, 2.45) is 5.84 Å². The first kappa shape index (κ1) is 14.2. The zero-order valence-electron chi connectivity index (χ0n) is 10.1. The van der Waals surface area contributed by atoms with E-state index in [-0.39, 0.29) is 6.04 Å². The fraction of sp³-hybridized carbons (Fsp3) is 0.231. The molecule has 1 aromatic heterocycles. The summed E-state index contributed by atoms with van der Waals surface area (Å²) in [5, 5.41) is 0. The second kappa shape index (κ2) is 5.84. The van der Waals surface area contributed by atoms with Crippen LogP contribution in [-0.4, -0.2) is 0 Å². The Morgan fingerprint density at radius 3 is 2.17 bits per heavy atom. The number of aryl methyl sites for hydroxylation is 2. The molecule has 0 aliphatic rings. The minimum absolute atomic E-state index is 0.000486. The van der Waals surface area contributed by atoms with Gasteiger partial charge in [-0.3, -0.25) is 5.84 Å². The highest BCUT2D eigenvalue weighted by Crippen LogP contribution is 2.37. The first-order valence-electron chi connectivity index (χ1n) is 5.50. The van der Waals surface area contributed by atoms with Crippen LogP contribution in [0.15, 0.2) is 31.8 Å². The number of hydrazine groups is 1. The maximum absolute atomic E-state index is 5.73. The van der Waals surface area contributed by atoms with E-state index in [9.17, 15) is 0 Å². The van der Waals surface area contributed by atoms with E-state index in [1.165, 1.54) is 16.7 Å². The third-order valence-electron chi connectivity index (χ3n) is 2.74. The van der Waals surface area contributed by atoms with Crippen molar-refractivity contribution < 1.29 is 0 Å². The summed E-state index contributed by atoms with van der Waals surface area (Å²) >= 11 is 8.74. The molecule has 0 radical (unpaired) electrons. The molecule has 1 unspecified atom stereocenters. The van der Waals surface area contributed by atoms with E-state index in [1.807, 2.05) is 0 Å². The van der Waals surface area contributed by atoms with Gasteiger partial charge in [0.05, 0.1) is 13.6 Å². The van der Waals surface area contributed by atoms with Crippen LogP contribution in [0.5, 0.6) is 0 Å². The molecule has 2 nitrogen and oxygen atoms in total. The van der Waals surface area contributed by atoms with Gasteiger partial charge in [-0.05, 0) is 57.3 Å². The molecule has 0 saturated heterocycles. The fourth-order valence-corrected chi connectivity index (χ4v) is 4.99. The van der Waals surface area contributed by atoms with E-state index in [0.29, 0.717) is 0 Å². The predicted octanol–water partition coefficient (Wildman–Crippen LogP) is 4.44. The van der Waals surface area contributed by atoms with Gasteiger partial charge in [0.15, 0.2) is 0 Å². The largest absolute Gasteiger partial charge is 0.271 e. The highest BCUT2D eigenvalue weighted by atomic mass is 79.9. The number of hydrogen-bond donors (Lipinski definition) is 2. The number of halogens is 2. The monoisotopic (exact) mass is 388 g/mol. The average molecular weight is 390 g/mol. The Labute approximate surface area is 128 Å². The maximum atomic E-state index is 5.73. The number of nitrogens with two attached hydrogens (primary N) is 1. The van der Waals surface area contributed by atoms with Gasteiger partial charge in [-0.15, -0.1) is 11.3 Å². The van der Waals surface area contributed by atoms with Gasteiger partial charge in [0.1, 0.15) is 0 Å². The van der Waals surface area contributed by atoms with Crippen molar-refractivity contribution in [1.82, 2.24) is 5.43 Å². The molecule has 0 saturated carbocycles. The minimum atomic E-state index is 0.000486. The van der Waals surface area contributed by atoms with E-state index in [1.54, 1.807) is 11.3 Å². The van der Waals surface area contributed by atoms with Gasteiger partial charge in [0, 0.05) is 5.56 Å². The Balaban J connectivity index is 2.48. The van der Waals surface area contributed by atoms with Crippen LogP contribution in [0.2, 0.25) is 0 Å². The second-order valence-electron chi connectivity index (χ2n) is 4.30. The predicted molar refractivity (Wildman–Crippen MR) is 84.8 cm³/mol. The smallest absolute Gasteiger partial charge is 0.0762 e. The lowest BCUT2D eigenvalue weighted by Gasteiger charge is -2.17. The van der Waals surface area contributed by atoms with Crippen LogP contribution in [0.25, 0.3) is 0 Å². The van der Waals surface area contributed by atoms with E-state index in [0.717, 1.165) is 13.1 Å². The van der Waals surface area contributed by atoms with E-state index in [4.69, 9.17) is 5.84 Å². The zero-order valence-corrected chi connectivity index (χ0v) is 14.1. The summed E-state index contributed by atoms with van der Waals surface area (Å²) in [6.45, 7) is 4.20. The molecule has 0 spiro atoms. The van der Waals surface area contributed by atoms with Crippen LogP contribution in [0.1, 0.15) is 28.3 Å². The molecule has 3 N–H and O–H groups in total. The number of nitrogens with one attached hydrogen (secondary N) is 1. The van der Waals surface area contributed by atoms with Gasteiger partial charge in [-0.1, -0.05) is 29.3 Å². The van der Waals surface area contributed by atoms with Crippen molar-refractivity contribution in [3.63, 3.8) is 0 Å². The van der Waals surface area contributed by atoms with Gasteiger partial charge in [-0.25, -0.2) is 5.43 Å². The molecule has 0 bridgehead atoms. The highest BCUT2D eigenvalue weighted by Gasteiger charge is 2.18. The molecule has 18 heavy (non-hydrogen) atoms. The quantitative estimate of drug-likeness (QED) is 0.601. The third-order valence-corrected chi connectivity index (χ3v) is 5.12. The van der Waals surface area contributed by atoms with Gasteiger partial charge < -0.3 is 0 Å². The van der Waals surface area contributed by atoms with E-state index >= 15 is 0 Å². The molecule has 2 rings (SSSR count). The first-order valence-corrected chi connectivity index (χ1v) is 7.90. The summed E-state index contributed by atoms with van der Waals surface area (Å²) in [7, 11) is 0. The van der Waals surface area contributed by atoms with Crippen LogP contribution in [0.4, 0.5) is 0 Å². The van der Waals surface area contributed by atoms with E-state index < -0.39 is 0 Å². The number of benzene rings is 1. The Morgan fingerprint density at radius 2 is 1.72 bits per heavy atom. The second-order valence-corrected chi connectivity index (χ2v) is 8.05. The number of thiophene rings is 1. The maximum Gasteiger partial charge on any atom is 0.0762 e. The molecule has 0 amide bonds. The van der Waals surface area contributed by atoms with Crippen molar-refractivity contribution in [3.8, 4) is 0 Å². The fourth-order valence-electron chi connectivity index (χ4n) is 2.09. The Hall–Kier alpha value is -0.200. The lowest BCUT2D eigenvalue weighted by atomic mass is 9.98. The lowest BCUT2D eigenvalue weighted by Crippen LogP contribution is -2.28. The Morgan fingerprint density at radius 1 is 1.11 bits per heavy atom. The van der Waals surface area contributed by atoms with Crippen LogP contribution in [0, 0.1) is 13.8 Å². The molecule has 0 aliphatic heterocycles. The standard InChI is InChI=1S/C13H14Br2N2S/c1-7-3-8(2)5-9(4-7)12(17-16)10-6-11(14)18-13(10)15/h3-6,12,17H,16H2,1-2H3. The Bertz CT molecular complexity index is 546. The zero-order chi connectivity index (χ0) is 13.3. The molecule has 0 aliphatic carbocycles. The SMILES string of the molecule is Cc1cc(C)cc(C(NN)c2cc(Br)sc2Br)c1. The summed E-state index contributed by atoms with van der Waals surface area (Å²) in [5.74, 6) is 5.73. The van der Waals surface area contributed by atoms with Crippen molar-refractivity contribution >= 4 is 43.2 Å². The molecule has 1 aromatic carbocycles. The van der Waals surface area contributed by atoms with Crippen LogP contribution in [-0.2, 0) is 0 Å². The van der Waals surface area contributed by atoms with Crippen LogP contribution < -0.4 is 11.3 Å². The summed E-state index contributed by atoms with van der Waals surface area (Å²) in [4.78, 5) is 0. The van der Waals surface area contributed by atoms with E-state index in [2.05, 4.69) is 75.4 Å². The van der Waals surface area contributed by atoms with Crippen molar-refractivity contribution in [1.29, 1.82) is 0 Å². The molecular weight excluding hydrogens is 376 g/mol. The first-order chi connectivity index (χ1) is 8.51. The molecule has 0 fully saturated rings. The molecule has 2 aromatic rings. The van der Waals surface area contributed by atoms with Crippen LogP contribution >= 0.6 is 43.2 Å². The van der Waals surface area contributed by atoms with Crippen molar-refractivity contribution in [3.05, 3.63) is 54.1 Å².